The zero-order valence-electron chi connectivity index (χ0n) is 36.8. The number of nitrogens with zero attached hydrogens (tertiary/aromatic N) is 2. The van der Waals surface area contributed by atoms with Gasteiger partial charge in [-0.05, 0) is 64.5 Å². The third-order valence-corrected chi connectivity index (χ3v) is 15.0. The van der Waals surface area contributed by atoms with Gasteiger partial charge in [-0.2, -0.15) is 0 Å². The van der Waals surface area contributed by atoms with Crippen LogP contribution in [-0.2, 0) is 20.0 Å². The van der Waals surface area contributed by atoms with Crippen molar-refractivity contribution in [1.82, 2.24) is 13.9 Å². The summed E-state index contributed by atoms with van der Waals surface area (Å²) < 4.78 is 56.8. The predicted octanol–water partition coefficient (Wildman–Crippen LogP) is 12.8. The second kappa shape index (κ2) is 39.6. The van der Waals surface area contributed by atoms with Crippen molar-refractivity contribution in [3.8, 4) is 0 Å². The number of rotatable bonds is 45. The van der Waals surface area contributed by atoms with E-state index in [1.54, 1.807) is 0 Å². The predicted molar refractivity (Wildman–Crippen MR) is 239 cm³/mol. The van der Waals surface area contributed by atoms with Gasteiger partial charge in [0.25, 0.3) is 0 Å². The van der Waals surface area contributed by atoms with Gasteiger partial charge in [0, 0.05) is 26.2 Å². The van der Waals surface area contributed by atoms with Crippen LogP contribution in [0.15, 0.2) is 0 Å². The molecule has 0 spiro atoms. The first-order valence-corrected chi connectivity index (χ1v) is 27.1. The Morgan fingerprint density at radius 1 is 0.296 bits per heavy atom. The summed E-state index contributed by atoms with van der Waals surface area (Å²) >= 11 is 0. The first-order chi connectivity index (χ1) is 26.2. The Bertz CT molecular complexity index is 867. The zero-order chi connectivity index (χ0) is 39.9. The van der Waals surface area contributed by atoms with E-state index >= 15 is 0 Å². The summed E-state index contributed by atoms with van der Waals surface area (Å²) in [6.07, 6.45) is 37.5. The molecule has 0 amide bonds. The van der Waals surface area contributed by atoms with Gasteiger partial charge in [0.1, 0.15) is 0 Å². The minimum Gasteiger partial charge on any atom is -0.317 e. The van der Waals surface area contributed by atoms with Crippen molar-refractivity contribution >= 4 is 20.0 Å². The van der Waals surface area contributed by atoms with Gasteiger partial charge in [0.15, 0.2) is 0 Å². The summed E-state index contributed by atoms with van der Waals surface area (Å²) in [7, 11) is -6.35. The molecule has 0 aliphatic carbocycles. The van der Waals surface area contributed by atoms with E-state index in [0.717, 1.165) is 122 Å². The molecule has 326 valence electrons. The van der Waals surface area contributed by atoms with Crippen LogP contribution in [0.4, 0.5) is 0 Å². The second-order valence-corrected chi connectivity index (χ2v) is 20.6. The molecule has 0 fully saturated rings. The molecule has 0 aliphatic rings. The highest BCUT2D eigenvalue weighted by molar-refractivity contribution is 7.89. The van der Waals surface area contributed by atoms with Gasteiger partial charge in [0.2, 0.25) is 20.0 Å². The van der Waals surface area contributed by atoms with E-state index in [-0.39, 0.29) is 0 Å². The molecule has 1 N–H and O–H groups in total. The number of sulfonamides is 2. The fourth-order valence-corrected chi connectivity index (χ4v) is 10.7. The SMILES string of the molecule is CCCCCCCCN(CCCCCCCC)S(=O)(=O)CCCCCCCNCCCCCCS(=O)(=O)N(CCCCCCCC)CCCCCCCC. The lowest BCUT2D eigenvalue weighted by atomic mass is 10.1. The second-order valence-electron chi connectivity index (χ2n) is 16.4. The Balaban J connectivity index is 4.22. The molecule has 0 saturated heterocycles. The van der Waals surface area contributed by atoms with Crippen LogP contribution in [-0.4, -0.2) is 76.2 Å². The molecule has 0 aliphatic heterocycles. The summed E-state index contributed by atoms with van der Waals surface area (Å²) in [5.74, 6) is 0.595. The molecule has 7 nitrogen and oxygen atoms in total. The highest BCUT2D eigenvalue weighted by Gasteiger charge is 2.22. The van der Waals surface area contributed by atoms with Gasteiger partial charge in [-0.3, -0.25) is 0 Å². The van der Waals surface area contributed by atoms with E-state index in [1.165, 1.54) is 103 Å². The number of hydrogen-bond donors (Lipinski definition) is 1. The maximum atomic E-state index is 13.3. The molecular formula is C45H95N3O4S2. The lowest BCUT2D eigenvalue weighted by Crippen LogP contribution is -2.35. The van der Waals surface area contributed by atoms with Crippen molar-refractivity contribution in [3.63, 3.8) is 0 Å². The van der Waals surface area contributed by atoms with Gasteiger partial charge in [-0.25, -0.2) is 25.4 Å². The lowest BCUT2D eigenvalue weighted by molar-refractivity contribution is 0.382. The minimum atomic E-state index is -3.18. The average Bonchev–Trinajstić information content (AvgIpc) is 3.15. The third kappa shape index (κ3) is 33.9. The first kappa shape index (κ1) is 53.8. The van der Waals surface area contributed by atoms with Crippen molar-refractivity contribution in [2.45, 2.75) is 240 Å². The van der Waals surface area contributed by atoms with Crippen LogP contribution in [0.2, 0.25) is 0 Å². The topological polar surface area (TPSA) is 86.8 Å². The number of unbranched alkanes of at least 4 members (excludes halogenated alkanes) is 27. The van der Waals surface area contributed by atoms with Gasteiger partial charge in [-0.15, -0.1) is 0 Å². The highest BCUT2D eigenvalue weighted by Crippen LogP contribution is 2.16. The summed E-state index contributed by atoms with van der Waals surface area (Å²) in [4.78, 5) is 0. The lowest BCUT2D eigenvalue weighted by Gasteiger charge is -2.22. The minimum absolute atomic E-state index is 0.295. The molecule has 54 heavy (non-hydrogen) atoms. The summed E-state index contributed by atoms with van der Waals surface area (Å²) in [5.41, 5.74) is 0. The molecule has 0 rings (SSSR count). The van der Waals surface area contributed by atoms with E-state index in [2.05, 4.69) is 33.0 Å². The number of nitrogens with one attached hydrogen (secondary N) is 1. The Kier molecular flexibility index (Phi) is 39.4. The van der Waals surface area contributed by atoms with Crippen molar-refractivity contribution in [3.05, 3.63) is 0 Å². The van der Waals surface area contributed by atoms with Crippen LogP contribution < -0.4 is 5.32 Å². The van der Waals surface area contributed by atoms with Gasteiger partial charge < -0.3 is 5.32 Å². The van der Waals surface area contributed by atoms with Crippen LogP contribution in [0.1, 0.15) is 240 Å². The fourth-order valence-electron chi connectivity index (χ4n) is 7.39. The van der Waals surface area contributed by atoms with Crippen molar-refractivity contribution < 1.29 is 16.8 Å². The molecule has 0 aromatic rings. The van der Waals surface area contributed by atoms with Crippen LogP contribution in [0.25, 0.3) is 0 Å². The Hall–Kier alpha value is -0.220. The molecule has 0 unspecified atom stereocenters. The van der Waals surface area contributed by atoms with Crippen molar-refractivity contribution in [2.24, 2.45) is 0 Å². The van der Waals surface area contributed by atoms with Crippen LogP contribution in [0.3, 0.4) is 0 Å². The molecule has 0 radical (unpaired) electrons. The maximum Gasteiger partial charge on any atom is 0.214 e. The molecule has 0 aromatic heterocycles. The first-order valence-electron chi connectivity index (χ1n) is 23.9. The Morgan fingerprint density at radius 2 is 0.519 bits per heavy atom. The quantitative estimate of drug-likeness (QED) is 0.0619. The van der Waals surface area contributed by atoms with Gasteiger partial charge >= 0.3 is 0 Å². The normalized spacial score (nSPS) is 12.5. The highest BCUT2D eigenvalue weighted by atomic mass is 32.2. The van der Waals surface area contributed by atoms with E-state index in [9.17, 15) is 16.8 Å². The van der Waals surface area contributed by atoms with E-state index in [4.69, 9.17) is 0 Å². The summed E-state index contributed by atoms with van der Waals surface area (Å²) in [5, 5.41) is 3.57. The zero-order valence-corrected chi connectivity index (χ0v) is 38.5. The Morgan fingerprint density at radius 3 is 0.796 bits per heavy atom. The van der Waals surface area contributed by atoms with Crippen LogP contribution >= 0.6 is 0 Å². The average molecular weight is 806 g/mol. The molecule has 0 saturated carbocycles. The third-order valence-electron chi connectivity index (χ3n) is 11.1. The van der Waals surface area contributed by atoms with E-state index in [1.807, 2.05) is 8.61 Å². The fraction of sp³-hybridized carbons (Fsp3) is 1.00. The van der Waals surface area contributed by atoms with Crippen molar-refractivity contribution in [1.29, 1.82) is 0 Å². The van der Waals surface area contributed by atoms with Crippen molar-refractivity contribution in [2.75, 3.05) is 50.8 Å². The molecular weight excluding hydrogens is 711 g/mol. The smallest absolute Gasteiger partial charge is 0.214 e. The van der Waals surface area contributed by atoms with E-state index in [0.29, 0.717) is 37.7 Å². The van der Waals surface area contributed by atoms with Gasteiger partial charge in [-0.1, -0.05) is 188 Å². The maximum absolute atomic E-state index is 13.3. The summed E-state index contributed by atoms with van der Waals surface area (Å²) in [6.45, 7) is 13.7. The van der Waals surface area contributed by atoms with Crippen LogP contribution in [0, 0.1) is 0 Å². The van der Waals surface area contributed by atoms with Crippen LogP contribution in [0.5, 0.6) is 0 Å². The molecule has 0 atom stereocenters. The molecule has 0 aromatic carbocycles. The molecule has 0 heterocycles. The molecule has 0 bridgehead atoms. The Labute approximate surface area is 339 Å². The number of hydrogen-bond acceptors (Lipinski definition) is 5. The molecule has 9 heteroatoms. The largest absolute Gasteiger partial charge is 0.317 e. The van der Waals surface area contributed by atoms with Gasteiger partial charge in [0.05, 0.1) is 11.5 Å². The standard InChI is InChI=1S/C45H95N3O4S2/c1-5-9-13-17-24-32-40-47(41-33-25-18-14-10-6-2)53(49,50)44-36-28-21-22-30-38-46-39-31-23-29-37-45-54(51,52)48(42-34-26-19-15-11-7-3)43-35-27-20-16-12-8-4/h46H,5-45H2,1-4H3. The van der Waals surface area contributed by atoms with E-state index < -0.39 is 20.0 Å². The summed E-state index contributed by atoms with van der Waals surface area (Å²) in [6, 6.07) is 0. The monoisotopic (exact) mass is 806 g/mol.